The fourth-order valence-electron chi connectivity index (χ4n) is 1.75. The van der Waals surface area contributed by atoms with E-state index < -0.39 is 0 Å². The van der Waals surface area contributed by atoms with Crippen LogP contribution in [0, 0.1) is 0 Å². The van der Waals surface area contributed by atoms with Gasteiger partial charge in [-0.05, 0) is 22.6 Å². The Kier molecular flexibility index (Phi) is 3.70. The van der Waals surface area contributed by atoms with E-state index in [1.807, 2.05) is 12.1 Å². The van der Waals surface area contributed by atoms with Crippen LogP contribution in [0.25, 0.3) is 10.8 Å². The molecule has 3 heteroatoms. The first-order valence-corrected chi connectivity index (χ1v) is 7.21. The van der Waals surface area contributed by atoms with Crippen molar-refractivity contribution in [3.8, 4) is 0 Å². The van der Waals surface area contributed by atoms with Crippen LogP contribution in [0.5, 0.6) is 0 Å². The molecule has 0 saturated carbocycles. The molecule has 2 aromatic carbocycles. The minimum Gasteiger partial charge on any atom is -0.0876 e. The van der Waals surface area contributed by atoms with Gasteiger partial charge in [-0.1, -0.05) is 67.7 Å². The third kappa shape index (κ3) is 2.08. The molecule has 0 bridgehead atoms. The predicted octanol–water partition coefficient (Wildman–Crippen LogP) is 5.28. The summed E-state index contributed by atoms with van der Waals surface area (Å²) in [6.07, 6.45) is 0. The molecule has 0 aliphatic heterocycles. The average Bonchev–Trinajstić information content (AvgIpc) is 2.29. The van der Waals surface area contributed by atoms with E-state index >= 15 is 0 Å². The van der Waals surface area contributed by atoms with E-state index in [-0.39, 0.29) is 0 Å². The van der Waals surface area contributed by atoms with Crippen LogP contribution >= 0.6 is 43.5 Å². The zero-order chi connectivity index (χ0) is 10.8. The molecule has 0 amide bonds. The largest absolute Gasteiger partial charge is 0.0876 e. The highest BCUT2D eigenvalue weighted by molar-refractivity contribution is 9.08. The Morgan fingerprint density at radius 3 is 2.27 bits per heavy atom. The molecule has 78 valence electrons. The lowest BCUT2D eigenvalue weighted by molar-refractivity contribution is 1.42. The maximum atomic E-state index is 6.18. The molecule has 0 radical (unpaired) electrons. The Labute approximate surface area is 111 Å². The van der Waals surface area contributed by atoms with Crippen LogP contribution in [0.1, 0.15) is 11.1 Å². The molecular formula is C12H9Br2Cl. The van der Waals surface area contributed by atoms with E-state index in [4.69, 9.17) is 11.6 Å². The van der Waals surface area contributed by atoms with Crippen LogP contribution in [0.4, 0.5) is 0 Å². The Bertz CT molecular complexity index is 484. The summed E-state index contributed by atoms with van der Waals surface area (Å²) < 4.78 is 0. The van der Waals surface area contributed by atoms with Gasteiger partial charge in [0.1, 0.15) is 0 Å². The molecule has 0 heterocycles. The van der Waals surface area contributed by atoms with Crippen molar-refractivity contribution in [3.05, 3.63) is 46.5 Å². The van der Waals surface area contributed by atoms with Gasteiger partial charge < -0.3 is 0 Å². The molecule has 0 fully saturated rings. The van der Waals surface area contributed by atoms with E-state index in [2.05, 4.69) is 50.1 Å². The molecule has 0 atom stereocenters. The van der Waals surface area contributed by atoms with Gasteiger partial charge in [0.25, 0.3) is 0 Å². The van der Waals surface area contributed by atoms with Gasteiger partial charge in [0, 0.05) is 21.1 Å². The average molecular weight is 348 g/mol. The number of alkyl halides is 2. The molecule has 0 aromatic heterocycles. The van der Waals surface area contributed by atoms with Crippen LogP contribution in [-0.2, 0) is 10.7 Å². The number of fused-ring (bicyclic) bond motifs is 1. The summed E-state index contributed by atoms with van der Waals surface area (Å²) in [5.41, 5.74) is 2.56. The highest BCUT2D eigenvalue weighted by Gasteiger charge is 2.07. The van der Waals surface area contributed by atoms with Gasteiger partial charge in [0.15, 0.2) is 0 Å². The predicted molar refractivity (Wildman–Crippen MR) is 74.2 cm³/mol. The molecule has 0 nitrogen and oxygen atoms in total. The number of hydrogen-bond donors (Lipinski definition) is 0. The monoisotopic (exact) mass is 346 g/mol. The Morgan fingerprint density at radius 2 is 1.60 bits per heavy atom. The van der Waals surface area contributed by atoms with E-state index in [0.29, 0.717) is 0 Å². The van der Waals surface area contributed by atoms with Crippen molar-refractivity contribution in [2.24, 2.45) is 0 Å². The Balaban J connectivity index is 2.87. The Morgan fingerprint density at radius 1 is 0.933 bits per heavy atom. The van der Waals surface area contributed by atoms with Crippen LogP contribution in [0.3, 0.4) is 0 Å². The molecule has 0 saturated heterocycles. The highest BCUT2D eigenvalue weighted by atomic mass is 79.9. The van der Waals surface area contributed by atoms with Crippen molar-refractivity contribution in [1.29, 1.82) is 0 Å². The molecule has 0 aliphatic rings. The van der Waals surface area contributed by atoms with Crippen molar-refractivity contribution >= 4 is 54.2 Å². The van der Waals surface area contributed by atoms with Crippen molar-refractivity contribution < 1.29 is 0 Å². The normalized spacial score (nSPS) is 10.9. The molecule has 0 N–H and O–H groups in total. The second-order valence-corrected chi connectivity index (χ2v) is 4.84. The first-order valence-electron chi connectivity index (χ1n) is 4.59. The van der Waals surface area contributed by atoms with Crippen molar-refractivity contribution in [2.45, 2.75) is 10.7 Å². The second kappa shape index (κ2) is 4.86. The number of rotatable bonds is 2. The van der Waals surface area contributed by atoms with Gasteiger partial charge in [-0.15, -0.1) is 0 Å². The van der Waals surface area contributed by atoms with Crippen molar-refractivity contribution in [1.82, 2.24) is 0 Å². The summed E-state index contributed by atoms with van der Waals surface area (Å²) in [6, 6.07) is 10.3. The molecule has 0 spiro atoms. The fourth-order valence-corrected chi connectivity index (χ4v) is 2.90. The van der Waals surface area contributed by atoms with Crippen LogP contribution in [0.15, 0.2) is 30.3 Å². The molecular weight excluding hydrogens is 339 g/mol. The lowest BCUT2D eigenvalue weighted by Gasteiger charge is -2.09. The fraction of sp³-hybridized carbons (Fsp3) is 0.167. The minimum atomic E-state index is 0.817. The lowest BCUT2D eigenvalue weighted by Crippen LogP contribution is -1.88. The smallest absolute Gasteiger partial charge is 0.0484 e. The van der Waals surface area contributed by atoms with E-state index in [0.717, 1.165) is 21.1 Å². The van der Waals surface area contributed by atoms with Crippen molar-refractivity contribution in [2.75, 3.05) is 0 Å². The third-order valence-corrected chi connectivity index (χ3v) is 3.99. The Hall–Kier alpha value is -0.0500. The summed E-state index contributed by atoms with van der Waals surface area (Å²) in [5, 5.41) is 4.91. The summed E-state index contributed by atoms with van der Waals surface area (Å²) in [6.45, 7) is 0. The van der Waals surface area contributed by atoms with Crippen LogP contribution in [-0.4, -0.2) is 0 Å². The third-order valence-electron chi connectivity index (χ3n) is 2.45. The quantitative estimate of drug-likeness (QED) is 0.648. The van der Waals surface area contributed by atoms with Gasteiger partial charge in [-0.3, -0.25) is 0 Å². The maximum Gasteiger partial charge on any atom is 0.0484 e. The molecule has 2 aromatic rings. The molecule has 2 rings (SSSR count). The first kappa shape index (κ1) is 11.4. The zero-order valence-electron chi connectivity index (χ0n) is 7.93. The highest BCUT2D eigenvalue weighted by Crippen LogP contribution is 2.31. The number of halogens is 3. The van der Waals surface area contributed by atoms with E-state index in [1.165, 1.54) is 16.5 Å². The SMILES string of the molecule is Clc1ccc(CBr)c2c(CBr)cccc12. The van der Waals surface area contributed by atoms with Crippen LogP contribution < -0.4 is 0 Å². The van der Waals surface area contributed by atoms with Gasteiger partial charge >= 0.3 is 0 Å². The molecule has 0 unspecified atom stereocenters. The van der Waals surface area contributed by atoms with Crippen LogP contribution in [0.2, 0.25) is 5.02 Å². The minimum absolute atomic E-state index is 0.817. The summed E-state index contributed by atoms with van der Waals surface area (Å²) >= 11 is 13.2. The number of hydrogen-bond acceptors (Lipinski definition) is 0. The molecule has 0 aliphatic carbocycles. The zero-order valence-corrected chi connectivity index (χ0v) is 11.9. The van der Waals surface area contributed by atoms with Gasteiger partial charge in [0.05, 0.1) is 0 Å². The van der Waals surface area contributed by atoms with Crippen molar-refractivity contribution in [3.63, 3.8) is 0 Å². The van der Waals surface area contributed by atoms with Gasteiger partial charge in [0.2, 0.25) is 0 Å². The topological polar surface area (TPSA) is 0 Å². The second-order valence-electron chi connectivity index (χ2n) is 3.31. The standard InChI is InChI=1S/C12H9Br2Cl/c13-6-8-2-1-3-10-11(15)5-4-9(7-14)12(8)10/h1-5H,6-7H2. The summed E-state index contributed by atoms with van der Waals surface area (Å²) in [7, 11) is 0. The summed E-state index contributed by atoms with van der Waals surface area (Å²) in [5.74, 6) is 0. The van der Waals surface area contributed by atoms with E-state index in [1.54, 1.807) is 0 Å². The number of benzene rings is 2. The summed E-state index contributed by atoms with van der Waals surface area (Å²) in [4.78, 5) is 0. The van der Waals surface area contributed by atoms with Gasteiger partial charge in [-0.2, -0.15) is 0 Å². The lowest BCUT2D eigenvalue weighted by atomic mass is 10.0. The van der Waals surface area contributed by atoms with E-state index in [9.17, 15) is 0 Å². The van der Waals surface area contributed by atoms with Gasteiger partial charge in [-0.25, -0.2) is 0 Å². The first-order chi connectivity index (χ1) is 7.27. The molecule has 15 heavy (non-hydrogen) atoms. The maximum absolute atomic E-state index is 6.18.